The number of likely N-dealkylation sites (N-methyl/N-ethyl adjacent to an activating group) is 1. The molecule has 0 radical (unpaired) electrons. The molecular formula is C13H19N3O2. The topological polar surface area (TPSA) is 73.2 Å². The van der Waals surface area contributed by atoms with E-state index in [0.29, 0.717) is 0 Å². The molecule has 1 aliphatic heterocycles. The van der Waals surface area contributed by atoms with Crippen LogP contribution in [0.15, 0.2) is 0 Å². The van der Waals surface area contributed by atoms with Crippen LogP contribution < -0.4 is 5.32 Å². The van der Waals surface area contributed by atoms with E-state index in [1.807, 2.05) is 0 Å². The van der Waals surface area contributed by atoms with Crippen LogP contribution in [-0.4, -0.2) is 35.8 Å². The summed E-state index contributed by atoms with van der Waals surface area (Å²) in [5, 5.41) is 12.4. The molecule has 18 heavy (non-hydrogen) atoms. The summed E-state index contributed by atoms with van der Waals surface area (Å²) in [4.78, 5) is 24.5. The summed E-state index contributed by atoms with van der Waals surface area (Å²) in [7, 11) is 1.52. The molecule has 1 aliphatic carbocycles. The minimum absolute atomic E-state index is 0.0405. The molecule has 1 saturated carbocycles. The van der Waals surface area contributed by atoms with Crippen LogP contribution in [-0.2, 0) is 9.59 Å². The van der Waals surface area contributed by atoms with Crippen LogP contribution in [0, 0.1) is 17.2 Å². The van der Waals surface area contributed by atoms with Gasteiger partial charge in [-0.1, -0.05) is 19.3 Å². The first-order valence-corrected chi connectivity index (χ1v) is 6.59. The number of nitrogens with one attached hydrogen (secondary N) is 1. The maximum absolute atomic E-state index is 11.8. The fourth-order valence-corrected chi connectivity index (χ4v) is 2.81. The first-order valence-electron chi connectivity index (χ1n) is 6.59. The average molecular weight is 249 g/mol. The Morgan fingerprint density at radius 1 is 1.28 bits per heavy atom. The third-order valence-corrected chi connectivity index (χ3v) is 3.98. The third kappa shape index (κ3) is 2.54. The molecule has 3 unspecified atom stereocenters. The minimum atomic E-state index is -0.429. The molecule has 3 atom stereocenters. The van der Waals surface area contributed by atoms with E-state index in [9.17, 15) is 14.9 Å². The lowest BCUT2D eigenvalue weighted by atomic mass is 9.95. The van der Waals surface area contributed by atoms with Crippen LogP contribution in [0.3, 0.4) is 0 Å². The van der Waals surface area contributed by atoms with E-state index in [0.717, 1.165) is 32.1 Å². The van der Waals surface area contributed by atoms with E-state index < -0.39 is 6.04 Å². The molecule has 0 spiro atoms. The monoisotopic (exact) mass is 249 g/mol. The van der Waals surface area contributed by atoms with E-state index in [1.54, 1.807) is 0 Å². The van der Waals surface area contributed by atoms with Gasteiger partial charge in [0.2, 0.25) is 11.8 Å². The lowest BCUT2D eigenvalue weighted by Crippen LogP contribution is -2.45. The summed E-state index contributed by atoms with van der Waals surface area (Å²) in [6, 6.07) is 1.95. The maximum Gasteiger partial charge on any atom is 0.246 e. The van der Waals surface area contributed by atoms with E-state index >= 15 is 0 Å². The van der Waals surface area contributed by atoms with Gasteiger partial charge in [-0.15, -0.1) is 0 Å². The molecule has 5 nitrogen and oxygen atoms in total. The molecular weight excluding hydrogens is 230 g/mol. The van der Waals surface area contributed by atoms with Gasteiger partial charge in [-0.25, -0.2) is 0 Å². The highest BCUT2D eigenvalue weighted by molar-refractivity contribution is 6.05. The van der Waals surface area contributed by atoms with Crippen molar-refractivity contribution in [3.8, 4) is 6.07 Å². The van der Waals surface area contributed by atoms with Gasteiger partial charge in [0, 0.05) is 13.1 Å². The smallest absolute Gasteiger partial charge is 0.246 e. The quantitative estimate of drug-likeness (QED) is 0.580. The van der Waals surface area contributed by atoms with Crippen molar-refractivity contribution in [1.29, 1.82) is 5.26 Å². The first-order chi connectivity index (χ1) is 8.63. The van der Waals surface area contributed by atoms with Crippen molar-refractivity contribution in [3.63, 3.8) is 0 Å². The Balaban J connectivity index is 2.01. The number of imide groups is 1. The molecule has 0 aromatic heterocycles. The van der Waals surface area contributed by atoms with Crippen LogP contribution in [0.4, 0.5) is 0 Å². The molecule has 1 saturated heterocycles. The van der Waals surface area contributed by atoms with E-state index in [2.05, 4.69) is 11.4 Å². The van der Waals surface area contributed by atoms with Crippen LogP contribution in [0.1, 0.15) is 38.5 Å². The van der Waals surface area contributed by atoms with Gasteiger partial charge in [-0.2, -0.15) is 5.26 Å². The first kappa shape index (κ1) is 13.0. The number of nitriles is 1. The zero-order chi connectivity index (χ0) is 13.1. The number of likely N-dealkylation sites (tertiary alicyclic amines) is 1. The Morgan fingerprint density at radius 3 is 2.61 bits per heavy atom. The lowest BCUT2D eigenvalue weighted by Gasteiger charge is -2.23. The van der Waals surface area contributed by atoms with Crippen LogP contribution in [0.5, 0.6) is 0 Å². The molecule has 5 heteroatoms. The Kier molecular flexibility index (Phi) is 3.97. The number of hydrogen-bond acceptors (Lipinski definition) is 4. The van der Waals surface area contributed by atoms with E-state index in [1.165, 1.54) is 11.9 Å². The largest absolute Gasteiger partial charge is 0.301 e. The van der Waals surface area contributed by atoms with Crippen molar-refractivity contribution in [2.45, 2.75) is 50.6 Å². The summed E-state index contributed by atoms with van der Waals surface area (Å²) >= 11 is 0. The highest BCUT2D eigenvalue weighted by Crippen LogP contribution is 2.24. The van der Waals surface area contributed by atoms with Gasteiger partial charge in [0.15, 0.2) is 0 Å². The number of nitrogens with zero attached hydrogens (tertiary/aromatic N) is 2. The second kappa shape index (κ2) is 5.49. The molecule has 98 valence electrons. The summed E-state index contributed by atoms with van der Waals surface area (Å²) in [5.74, 6) is -0.345. The van der Waals surface area contributed by atoms with E-state index in [-0.39, 0.29) is 30.2 Å². The van der Waals surface area contributed by atoms with Crippen molar-refractivity contribution in [2.24, 2.45) is 5.92 Å². The SMILES string of the molecule is CN1C(=O)CC(NC2CCCCCC2C#N)C1=O. The number of carbonyl (C=O) groups is 2. The van der Waals surface area contributed by atoms with Crippen molar-refractivity contribution in [3.05, 3.63) is 0 Å². The normalized spacial score (nSPS) is 33.3. The molecule has 0 aromatic rings. The average Bonchev–Trinajstić information content (AvgIpc) is 2.58. The van der Waals surface area contributed by atoms with Crippen molar-refractivity contribution in [1.82, 2.24) is 10.2 Å². The highest BCUT2D eigenvalue weighted by Gasteiger charge is 2.38. The van der Waals surface area contributed by atoms with Crippen molar-refractivity contribution < 1.29 is 9.59 Å². The minimum Gasteiger partial charge on any atom is -0.301 e. The molecule has 2 amide bonds. The fourth-order valence-electron chi connectivity index (χ4n) is 2.81. The molecule has 2 aliphatic rings. The summed E-state index contributed by atoms with van der Waals surface area (Å²) in [6.45, 7) is 0. The molecule has 0 bridgehead atoms. The second-order valence-electron chi connectivity index (χ2n) is 5.19. The van der Waals surface area contributed by atoms with Gasteiger partial charge in [-0.3, -0.25) is 14.5 Å². The van der Waals surface area contributed by atoms with Crippen molar-refractivity contribution in [2.75, 3.05) is 7.05 Å². The van der Waals surface area contributed by atoms with E-state index in [4.69, 9.17) is 0 Å². The fraction of sp³-hybridized carbons (Fsp3) is 0.769. The Hall–Kier alpha value is -1.41. The van der Waals surface area contributed by atoms with Gasteiger partial charge in [0.1, 0.15) is 0 Å². The highest BCUT2D eigenvalue weighted by atomic mass is 16.2. The molecule has 2 fully saturated rings. The van der Waals surface area contributed by atoms with Gasteiger partial charge < -0.3 is 5.32 Å². The predicted octanol–water partition coefficient (Wildman–Crippen LogP) is 0.806. The lowest BCUT2D eigenvalue weighted by molar-refractivity contribution is -0.137. The molecule has 0 aromatic carbocycles. The Morgan fingerprint density at radius 2 is 2.00 bits per heavy atom. The standard InChI is InChI=1S/C13H19N3O2/c1-16-12(17)7-11(13(16)18)15-10-6-4-2-3-5-9(10)8-14/h9-11,15H,2-7H2,1H3. The van der Waals surface area contributed by atoms with Crippen LogP contribution in [0.2, 0.25) is 0 Å². The number of rotatable bonds is 2. The van der Waals surface area contributed by atoms with Gasteiger partial charge in [0.25, 0.3) is 0 Å². The zero-order valence-corrected chi connectivity index (χ0v) is 10.7. The second-order valence-corrected chi connectivity index (χ2v) is 5.19. The summed E-state index contributed by atoms with van der Waals surface area (Å²) < 4.78 is 0. The van der Waals surface area contributed by atoms with Crippen LogP contribution in [0.25, 0.3) is 0 Å². The van der Waals surface area contributed by atoms with Crippen molar-refractivity contribution >= 4 is 11.8 Å². The van der Waals surface area contributed by atoms with Gasteiger partial charge in [-0.05, 0) is 12.8 Å². The summed E-state index contributed by atoms with van der Waals surface area (Å²) in [5.41, 5.74) is 0. The number of carbonyl (C=O) groups excluding carboxylic acids is 2. The zero-order valence-electron chi connectivity index (χ0n) is 10.7. The molecule has 1 N–H and O–H groups in total. The van der Waals surface area contributed by atoms with Gasteiger partial charge >= 0.3 is 0 Å². The third-order valence-electron chi connectivity index (χ3n) is 3.98. The maximum atomic E-state index is 11.8. The number of hydrogen-bond donors (Lipinski definition) is 1. The Labute approximate surface area is 107 Å². The molecule has 2 rings (SSSR count). The number of amides is 2. The predicted molar refractivity (Wildman–Crippen MR) is 65.3 cm³/mol. The van der Waals surface area contributed by atoms with Crippen LogP contribution >= 0.6 is 0 Å². The molecule has 1 heterocycles. The summed E-state index contributed by atoms with van der Waals surface area (Å²) in [6.07, 6.45) is 5.34. The Bertz CT molecular complexity index is 388. The van der Waals surface area contributed by atoms with Gasteiger partial charge in [0.05, 0.1) is 24.4 Å².